The third-order valence-corrected chi connectivity index (χ3v) is 4.82. The summed E-state index contributed by atoms with van der Waals surface area (Å²) in [6, 6.07) is 9.98. The van der Waals surface area contributed by atoms with Gasteiger partial charge in [0.15, 0.2) is 11.4 Å². The van der Waals surface area contributed by atoms with Crippen LogP contribution in [0.25, 0.3) is 0 Å². The van der Waals surface area contributed by atoms with Gasteiger partial charge in [-0.15, -0.1) is 0 Å². The second-order valence-electron chi connectivity index (χ2n) is 6.36. The zero-order valence-electron chi connectivity index (χ0n) is 14.6. The Morgan fingerprint density at radius 2 is 2.08 bits per heavy atom. The van der Waals surface area contributed by atoms with Crippen molar-refractivity contribution in [3.63, 3.8) is 0 Å². The number of nitrogens with one attached hydrogen (secondary N) is 1. The van der Waals surface area contributed by atoms with Gasteiger partial charge in [0.2, 0.25) is 0 Å². The van der Waals surface area contributed by atoms with Gasteiger partial charge in [-0.05, 0) is 18.9 Å². The Morgan fingerprint density at radius 3 is 2.76 bits per heavy atom. The lowest BCUT2D eigenvalue weighted by atomic mass is 10.1. The predicted molar refractivity (Wildman–Crippen MR) is 96.0 cm³/mol. The Balaban J connectivity index is 1.98. The van der Waals surface area contributed by atoms with Gasteiger partial charge < -0.3 is 14.6 Å². The van der Waals surface area contributed by atoms with Gasteiger partial charge in [0.1, 0.15) is 17.6 Å². The van der Waals surface area contributed by atoms with Crippen LogP contribution in [0.1, 0.15) is 42.6 Å². The number of ether oxygens (including phenoxy) is 1. The lowest BCUT2D eigenvalue weighted by Gasteiger charge is -2.26. The summed E-state index contributed by atoms with van der Waals surface area (Å²) in [4.78, 5) is 21.7. The van der Waals surface area contributed by atoms with Crippen LogP contribution in [0.3, 0.4) is 0 Å². The average molecular weight is 338 g/mol. The Kier molecular flexibility index (Phi) is 5.03. The molecule has 0 spiro atoms. The zero-order chi connectivity index (χ0) is 17.8. The van der Waals surface area contributed by atoms with Crippen molar-refractivity contribution in [2.75, 3.05) is 19.1 Å². The minimum atomic E-state index is -0.387. The second kappa shape index (κ2) is 7.39. The van der Waals surface area contributed by atoms with Gasteiger partial charge in [-0.2, -0.15) is 5.26 Å². The Morgan fingerprint density at radius 1 is 1.36 bits per heavy atom. The van der Waals surface area contributed by atoms with Gasteiger partial charge in [0.25, 0.3) is 5.56 Å². The topological polar surface area (TPSA) is 82.0 Å². The third kappa shape index (κ3) is 3.50. The summed E-state index contributed by atoms with van der Waals surface area (Å²) >= 11 is 0. The fourth-order valence-corrected chi connectivity index (χ4v) is 3.44. The monoisotopic (exact) mass is 338 g/mol. The number of aromatic amines is 1. The maximum atomic E-state index is 12.4. The van der Waals surface area contributed by atoms with Crippen LogP contribution in [0.2, 0.25) is 0 Å². The number of hydrogen-bond donors (Lipinski definition) is 1. The van der Waals surface area contributed by atoms with Crippen molar-refractivity contribution in [1.29, 1.82) is 5.26 Å². The van der Waals surface area contributed by atoms with Crippen molar-refractivity contribution >= 4 is 5.82 Å². The van der Waals surface area contributed by atoms with Crippen molar-refractivity contribution in [2.45, 2.75) is 38.1 Å². The first-order valence-electron chi connectivity index (χ1n) is 8.52. The van der Waals surface area contributed by atoms with Gasteiger partial charge in [0, 0.05) is 25.1 Å². The van der Waals surface area contributed by atoms with Gasteiger partial charge in [-0.3, -0.25) is 4.79 Å². The number of aromatic nitrogens is 2. The summed E-state index contributed by atoms with van der Waals surface area (Å²) in [6.45, 7) is 0. The molecule has 6 heteroatoms. The molecule has 1 aromatic carbocycles. The minimum absolute atomic E-state index is 0.0816. The third-order valence-electron chi connectivity index (χ3n) is 4.82. The second-order valence-corrected chi connectivity index (χ2v) is 6.36. The van der Waals surface area contributed by atoms with Crippen molar-refractivity contribution in [2.24, 2.45) is 0 Å². The molecule has 1 fully saturated rings. The summed E-state index contributed by atoms with van der Waals surface area (Å²) < 4.78 is 5.37. The first-order chi connectivity index (χ1) is 12.1. The number of benzene rings is 1. The Hall–Kier alpha value is -2.81. The lowest BCUT2D eigenvalue weighted by molar-refractivity contribution is 0.410. The highest BCUT2D eigenvalue weighted by atomic mass is 16.5. The first-order valence-corrected chi connectivity index (χ1v) is 8.52. The van der Waals surface area contributed by atoms with Crippen molar-refractivity contribution in [3.8, 4) is 11.8 Å². The molecule has 2 aromatic rings. The van der Waals surface area contributed by atoms with E-state index in [4.69, 9.17) is 4.74 Å². The van der Waals surface area contributed by atoms with Crippen LogP contribution in [0.15, 0.2) is 29.1 Å². The number of nitriles is 1. The van der Waals surface area contributed by atoms with Crippen LogP contribution in [-0.4, -0.2) is 30.2 Å². The van der Waals surface area contributed by atoms with Gasteiger partial charge in [-0.25, -0.2) is 4.98 Å². The fraction of sp³-hybridized carbons (Fsp3) is 0.421. The van der Waals surface area contributed by atoms with Crippen molar-refractivity contribution in [1.82, 2.24) is 9.97 Å². The van der Waals surface area contributed by atoms with E-state index in [-0.39, 0.29) is 11.1 Å². The molecule has 0 bridgehead atoms. The maximum Gasteiger partial charge on any atom is 0.271 e. The lowest BCUT2D eigenvalue weighted by Crippen LogP contribution is -2.33. The molecule has 1 aliphatic rings. The molecule has 0 atom stereocenters. The molecular weight excluding hydrogens is 316 g/mol. The molecule has 6 nitrogen and oxygen atoms in total. The number of nitrogens with zero attached hydrogens (tertiary/aromatic N) is 3. The molecule has 1 heterocycles. The van der Waals surface area contributed by atoms with Crippen molar-refractivity contribution in [3.05, 3.63) is 51.6 Å². The van der Waals surface area contributed by atoms with Gasteiger partial charge in [-0.1, -0.05) is 31.0 Å². The number of H-pyrrole nitrogens is 1. The highest BCUT2D eigenvalue weighted by Gasteiger charge is 2.24. The van der Waals surface area contributed by atoms with E-state index < -0.39 is 0 Å². The summed E-state index contributed by atoms with van der Waals surface area (Å²) in [5, 5.41) is 9.40. The number of anilines is 1. The van der Waals surface area contributed by atoms with E-state index in [1.54, 1.807) is 7.11 Å². The van der Waals surface area contributed by atoms with E-state index >= 15 is 0 Å². The highest BCUT2D eigenvalue weighted by Crippen LogP contribution is 2.27. The molecule has 1 aromatic heterocycles. The van der Waals surface area contributed by atoms with E-state index in [1.165, 1.54) is 12.8 Å². The van der Waals surface area contributed by atoms with E-state index in [0.29, 0.717) is 24.1 Å². The fourth-order valence-electron chi connectivity index (χ4n) is 3.44. The molecule has 3 rings (SSSR count). The largest absolute Gasteiger partial charge is 0.496 e. The minimum Gasteiger partial charge on any atom is -0.496 e. The number of hydrogen-bond acceptors (Lipinski definition) is 5. The predicted octanol–water partition coefficient (Wildman–Crippen LogP) is 2.62. The Bertz CT molecular complexity index is 847. The molecule has 0 amide bonds. The van der Waals surface area contributed by atoms with Crippen LogP contribution in [0.4, 0.5) is 5.82 Å². The first kappa shape index (κ1) is 17.0. The van der Waals surface area contributed by atoms with E-state index in [9.17, 15) is 10.1 Å². The van der Waals surface area contributed by atoms with Crippen molar-refractivity contribution < 1.29 is 4.74 Å². The molecule has 1 N–H and O–H groups in total. The van der Waals surface area contributed by atoms with Crippen LogP contribution >= 0.6 is 0 Å². The molecule has 1 aliphatic carbocycles. The standard InChI is InChI=1S/C19H22N4O2/c1-23(14-8-4-5-9-14)18-15(12-20)19(24)22-17(21-18)11-13-7-3-6-10-16(13)25-2/h3,6-7,10,14H,4-5,8-9,11H2,1-2H3,(H,21,22,24). The van der Waals surface area contributed by atoms with Crippen LogP contribution < -0.4 is 15.2 Å². The van der Waals surface area contributed by atoms with Crippen LogP contribution in [0.5, 0.6) is 5.75 Å². The summed E-state index contributed by atoms with van der Waals surface area (Å²) in [5.41, 5.74) is 0.632. The Labute approximate surface area is 147 Å². The molecule has 25 heavy (non-hydrogen) atoms. The van der Waals surface area contributed by atoms with E-state index in [1.807, 2.05) is 42.3 Å². The summed E-state index contributed by atoms with van der Waals surface area (Å²) in [7, 11) is 3.54. The molecule has 1 saturated carbocycles. The molecule has 0 saturated heterocycles. The average Bonchev–Trinajstić information content (AvgIpc) is 3.16. The maximum absolute atomic E-state index is 12.4. The quantitative estimate of drug-likeness (QED) is 0.906. The van der Waals surface area contributed by atoms with Crippen LogP contribution in [0, 0.1) is 11.3 Å². The van der Waals surface area contributed by atoms with E-state index in [2.05, 4.69) is 9.97 Å². The molecule has 0 radical (unpaired) electrons. The molecule has 0 unspecified atom stereocenters. The molecular formula is C19H22N4O2. The SMILES string of the molecule is COc1ccccc1Cc1nc(N(C)C2CCCC2)c(C#N)c(=O)[nH]1. The van der Waals surface area contributed by atoms with Crippen LogP contribution in [-0.2, 0) is 6.42 Å². The number of methoxy groups -OCH3 is 1. The van der Waals surface area contributed by atoms with Gasteiger partial charge in [0.05, 0.1) is 7.11 Å². The zero-order valence-corrected chi connectivity index (χ0v) is 14.6. The summed E-state index contributed by atoms with van der Waals surface area (Å²) in [5.74, 6) is 1.76. The smallest absolute Gasteiger partial charge is 0.271 e. The molecule has 130 valence electrons. The summed E-state index contributed by atoms with van der Waals surface area (Å²) in [6.07, 6.45) is 4.92. The number of rotatable bonds is 5. The van der Waals surface area contributed by atoms with E-state index in [0.717, 1.165) is 24.2 Å². The molecule has 0 aliphatic heterocycles. The van der Waals surface area contributed by atoms with Gasteiger partial charge >= 0.3 is 0 Å². The highest BCUT2D eigenvalue weighted by molar-refractivity contribution is 5.53. The number of para-hydroxylation sites is 1. The normalized spacial score (nSPS) is 14.3.